The van der Waals surface area contributed by atoms with Gasteiger partial charge in [0.05, 0.1) is 18.8 Å². The first-order valence-corrected chi connectivity index (χ1v) is 6.16. The lowest BCUT2D eigenvalue weighted by atomic mass is 10.3. The highest BCUT2D eigenvalue weighted by Crippen LogP contribution is 2.06. The maximum absolute atomic E-state index is 11.4. The maximum atomic E-state index is 11.4. The smallest absolute Gasteiger partial charge is 0.360 e. The van der Waals surface area contributed by atoms with E-state index < -0.39 is 5.97 Å². The molecule has 84 valence electrons. The summed E-state index contributed by atoms with van der Waals surface area (Å²) in [5.74, 6) is 0.553. The van der Waals surface area contributed by atoms with E-state index in [1.165, 1.54) is 0 Å². The fourth-order valence-electron chi connectivity index (χ4n) is 1.14. The van der Waals surface area contributed by atoms with Gasteiger partial charge >= 0.3 is 5.97 Å². The minimum atomic E-state index is -0.398. The van der Waals surface area contributed by atoms with Gasteiger partial charge < -0.3 is 4.74 Å². The van der Waals surface area contributed by atoms with Gasteiger partial charge in [-0.1, -0.05) is 5.21 Å². The van der Waals surface area contributed by atoms with Crippen molar-refractivity contribution in [2.45, 2.75) is 20.4 Å². The van der Waals surface area contributed by atoms with Crippen LogP contribution in [0.1, 0.15) is 23.1 Å². The third-order valence-corrected chi connectivity index (χ3v) is 2.55. The van der Waals surface area contributed by atoms with Crippen LogP contribution in [0.2, 0.25) is 0 Å². The van der Waals surface area contributed by atoms with Crippen molar-refractivity contribution in [3.63, 3.8) is 0 Å². The topological polar surface area (TPSA) is 57.0 Å². The molecule has 0 aliphatic rings. The highest BCUT2D eigenvalue weighted by Gasteiger charge is 2.16. The molecule has 1 aromatic heterocycles. The van der Waals surface area contributed by atoms with Gasteiger partial charge in [0.25, 0.3) is 0 Å². The molecule has 0 N–H and O–H groups in total. The van der Waals surface area contributed by atoms with E-state index in [2.05, 4.69) is 10.3 Å². The molecule has 0 amide bonds. The lowest BCUT2D eigenvalue weighted by molar-refractivity contribution is 0.0518. The quantitative estimate of drug-likeness (QED) is 0.708. The molecule has 5 nitrogen and oxygen atoms in total. The van der Waals surface area contributed by atoms with Gasteiger partial charge in [-0.15, -0.1) is 5.10 Å². The van der Waals surface area contributed by atoms with E-state index in [0.717, 1.165) is 18.0 Å². The summed E-state index contributed by atoms with van der Waals surface area (Å²) in [7, 11) is 0. The predicted octanol–water partition coefficient (Wildman–Crippen LogP) is 1.13. The number of esters is 1. The van der Waals surface area contributed by atoms with Crippen LogP contribution in [0.3, 0.4) is 0 Å². The van der Waals surface area contributed by atoms with E-state index in [9.17, 15) is 4.79 Å². The summed E-state index contributed by atoms with van der Waals surface area (Å²) in [6.07, 6.45) is 2.03. The summed E-state index contributed by atoms with van der Waals surface area (Å²) >= 11 is 1.73. The summed E-state index contributed by atoms with van der Waals surface area (Å²) in [5.41, 5.74) is 1.08. The molecule has 0 spiro atoms. The lowest BCUT2D eigenvalue weighted by Crippen LogP contribution is -2.09. The van der Waals surface area contributed by atoms with Crippen LogP contribution in [0.15, 0.2) is 0 Å². The van der Waals surface area contributed by atoms with E-state index in [-0.39, 0.29) is 0 Å². The van der Waals surface area contributed by atoms with Gasteiger partial charge in [-0.2, -0.15) is 11.8 Å². The Hall–Kier alpha value is -1.04. The second-order valence-corrected chi connectivity index (χ2v) is 3.95. The van der Waals surface area contributed by atoms with Crippen molar-refractivity contribution in [1.82, 2.24) is 15.0 Å². The average Bonchev–Trinajstić information content (AvgIpc) is 2.57. The molecular formula is C9H15N3O2S. The zero-order valence-electron chi connectivity index (χ0n) is 9.19. The monoisotopic (exact) mass is 229 g/mol. The summed E-state index contributed by atoms with van der Waals surface area (Å²) < 4.78 is 6.59. The summed E-state index contributed by atoms with van der Waals surface area (Å²) in [6, 6.07) is 0. The zero-order valence-corrected chi connectivity index (χ0v) is 10.0. The molecular weight excluding hydrogens is 214 g/mol. The lowest BCUT2D eigenvalue weighted by Gasteiger charge is -2.01. The number of hydrogen-bond donors (Lipinski definition) is 0. The SMILES string of the molecule is CCOC(=O)c1nnn(CCSC)c1C. The number of rotatable bonds is 5. The third kappa shape index (κ3) is 2.95. The normalized spacial score (nSPS) is 10.3. The fraction of sp³-hybridized carbons (Fsp3) is 0.667. The number of carbonyl (C=O) groups is 1. The van der Waals surface area contributed by atoms with Crippen molar-refractivity contribution in [3.05, 3.63) is 11.4 Å². The first-order chi connectivity index (χ1) is 7.20. The third-order valence-electron chi connectivity index (χ3n) is 1.96. The molecule has 0 aliphatic heterocycles. The fourth-order valence-corrected chi connectivity index (χ4v) is 1.49. The van der Waals surface area contributed by atoms with Crippen molar-refractivity contribution < 1.29 is 9.53 Å². The van der Waals surface area contributed by atoms with Crippen LogP contribution in [0.25, 0.3) is 0 Å². The Labute approximate surface area is 93.2 Å². The molecule has 0 atom stereocenters. The number of thioether (sulfide) groups is 1. The number of hydrogen-bond acceptors (Lipinski definition) is 5. The van der Waals surface area contributed by atoms with E-state index in [1.807, 2.05) is 13.2 Å². The minimum absolute atomic E-state index is 0.318. The Morgan fingerprint density at radius 1 is 1.60 bits per heavy atom. The minimum Gasteiger partial charge on any atom is -0.461 e. The van der Waals surface area contributed by atoms with Gasteiger partial charge in [0, 0.05) is 5.75 Å². The number of ether oxygens (including phenoxy) is 1. The Balaban J connectivity index is 2.74. The van der Waals surface area contributed by atoms with Gasteiger partial charge in [0.15, 0.2) is 5.69 Å². The van der Waals surface area contributed by atoms with E-state index >= 15 is 0 Å². The van der Waals surface area contributed by atoms with Crippen LogP contribution < -0.4 is 0 Å². The first kappa shape index (κ1) is 12.0. The Bertz CT molecular complexity index is 338. The zero-order chi connectivity index (χ0) is 11.3. The molecule has 0 aromatic carbocycles. The average molecular weight is 229 g/mol. The van der Waals surface area contributed by atoms with E-state index in [4.69, 9.17) is 4.74 Å². The molecule has 0 bridgehead atoms. The van der Waals surface area contributed by atoms with Crippen molar-refractivity contribution in [2.75, 3.05) is 18.6 Å². The first-order valence-electron chi connectivity index (χ1n) is 4.76. The van der Waals surface area contributed by atoms with Crippen molar-refractivity contribution >= 4 is 17.7 Å². The highest BCUT2D eigenvalue weighted by molar-refractivity contribution is 7.98. The van der Waals surface area contributed by atoms with Gasteiger partial charge in [-0.25, -0.2) is 9.48 Å². The van der Waals surface area contributed by atoms with Gasteiger partial charge in [0.1, 0.15) is 0 Å². The Morgan fingerprint density at radius 2 is 2.33 bits per heavy atom. The number of aromatic nitrogens is 3. The number of carbonyl (C=O) groups excluding carboxylic acids is 1. The molecule has 0 unspecified atom stereocenters. The van der Waals surface area contributed by atoms with Crippen LogP contribution in [-0.2, 0) is 11.3 Å². The summed E-state index contributed by atoms with van der Waals surface area (Å²) in [4.78, 5) is 11.4. The van der Waals surface area contributed by atoms with Crippen LogP contribution >= 0.6 is 11.8 Å². The van der Waals surface area contributed by atoms with Gasteiger partial charge in [-0.05, 0) is 20.1 Å². The molecule has 6 heteroatoms. The van der Waals surface area contributed by atoms with Crippen LogP contribution in [0.4, 0.5) is 0 Å². The standard InChI is InChI=1S/C9H15N3O2S/c1-4-14-9(13)8-7(2)12(11-10-8)5-6-15-3/h4-6H2,1-3H3. The largest absolute Gasteiger partial charge is 0.461 e. The molecule has 1 aromatic rings. The van der Waals surface area contributed by atoms with Crippen molar-refractivity contribution in [2.24, 2.45) is 0 Å². The molecule has 0 fully saturated rings. The van der Waals surface area contributed by atoms with E-state index in [1.54, 1.807) is 23.4 Å². The van der Waals surface area contributed by atoms with Crippen molar-refractivity contribution in [1.29, 1.82) is 0 Å². The maximum Gasteiger partial charge on any atom is 0.360 e. The van der Waals surface area contributed by atoms with Crippen LogP contribution in [-0.4, -0.2) is 39.6 Å². The molecule has 0 radical (unpaired) electrons. The predicted molar refractivity (Wildman–Crippen MR) is 59.1 cm³/mol. The van der Waals surface area contributed by atoms with Gasteiger partial charge in [0.2, 0.25) is 0 Å². The van der Waals surface area contributed by atoms with Crippen LogP contribution in [0, 0.1) is 6.92 Å². The molecule has 1 rings (SSSR count). The van der Waals surface area contributed by atoms with Gasteiger partial charge in [-0.3, -0.25) is 0 Å². The highest BCUT2D eigenvalue weighted by atomic mass is 32.2. The number of nitrogens with zero attached hydrogens (tertiary/aromatic N) is 3. The second kappa shape index (κ2) is 5.75. The molecule has 1 heterocycles. The van der Waals surface area contributed by atoms with Crippen molar-refractivity contribution in [3.8, 4) is 0 Å². The molecule has 15 heavy (non-hydrogen) atoms. The van der Waals surface area contributed by atoms with Crippen LogP contribution in [0.5, 0.6) is 0 Å². The Kier molecular flexibility index (Phi) is 4.61. The molecule has 0 aliphatic carbocycles. The Morgan fingerprint density at radius 3 is 2.93 bits per heavy atom. The van der Waals surface area contributed by atoms with E-state index in [0.29, 0.717) is 12.3 Å². The summed E-state index contributed by atoms with van der Waals surface area (Å²) in [6.45, 7) is 4.72. The number of aryl methyl sites for hydroxylation is 1. The second-order valence-electron chi connectivity index (χ2n) is 2.96. The summed E-state index contributed by atoms with van der Waals surface area (Å²) in [5, 5.41) is 7.73. The molecule has 0 saturated heterocycles. The molecule has 0 saturated carbocycles.